The predicted molar refractivity (Wildman–Crippen MR) is 113 cm³/mol. The average Bonchev–Trinajstić information content (AvgIpc) is 2.75. The Morgan fingerprint density at radius 2 is 1.77 bits per heavy atom. The maximum absolute atomic E-state index is 14.6. The fourth-order valence-corrected chi connectivity index (χ4v) is 4.50. The molecule has 166 valence electrons. The van der Waals surface area contributed by atoms with Gasteiger partial charge in [0.15, 0.2) is 23.6 Å². The monoisotopic (exact) mass is 422 g/mol. The number of benzene rings is 1. The SMILES string of the molecule is C=CCCc1ccc(C2CCC(/C=C/C3OCC(F)(CCC)CO3)CC2)c(F)c1F. The van der Waals surface area contributed by atoms with Crippen LogP contribution in [-0.2, 0) is 15.9 Å². The summed E-state index contributed by atoms with van der Waals surface area (Å²) in [6, 6.07) is 3.46. The zero-order valence-electron chi connectivity index (χ0n) is 17.8. The van der Waals surface area contributed by atoms with Gasteiger partial charge in [0.2, 0.25) is 0 Å². The van der Waals surface area contributed by atoms with Crippen LogP contribution >= 0.6 is 0 Å². The molecule has 30 heavy (non-hydrogen) atoms. The quantitative estimate of drug-likeness (QED) is 0.429. The molecule has 3 rings (SSSR count). The van der Waals surface area contributed by atoms with Crippen LogP contribution in [0.15, 0.2) is 36.9 Å². The van der Waals surface area contributed by atoms with Gasteiger partial charge in [-0.15, -0.1) is 6.58 Å². The van der Waals surface area contributed by atoms with Gasteiger partial charge in [0.05, 0.1) is 13.2 Å². The number of allylic oxidation sites excluding steroid dienone is 2. The van der Waals surface area contributed by atoms with Crippen LogP contribution in [0.5, 0.6) is 0 Å². The maximum Gasteiger partial charge on any atom is 0.177 e. The summed E-state index contributed by atoms with van der Waals surface area (Å²) in [5.74, 6) is -1.02. The highest BCUT2D eigenvalue weighted by Crippen LogP contribution is 2.38. The zero-order valence-corrected chi connectivity index (χ0v) is 17.8. The largest absolute Gasteiger partial charge is 0.346 e. The molecule has 2 nitrogen and oxygen atoms in total. The summed E-state index contributed by atoms with van der Waals surface area (Å²) >= 11 is 0. The average molecular weight is 423 g/mol. The van der Waals surface area contributed by atoms with Crippen molar-refractivity contribution in [1.29, 1.82) is 0 Å². The molecular weight excluding hydrogens is 389 g/mol. The first kappa shape index (κ1) is 23.1. The van der Waals surface area contributed by atoms with Gasteiger partial charge in [0.1, 0.15) is 0 Å². The second-order valence-corrected chi connectivity index (χ2v) is 8.66. The van der Waals surface area contributed by atoms with E-state index in [1.165, 1.54) is 0 Å². The molecule has 5 heteroatoms. The van der Waals surface area contributed by atoms with Crippen molar-refractivity contribution in [2.24, 2.45) is 5.92 Å². The van der Waals surface area contributed by atoms with Crippen molar-refractivity contribution < 1.29 is 22.6 Å². The highest BCUT2D eigenvalue weighted by atomic mass is 19.2. The van der Waals surface area contributed by atoms with Gasteiger partial charge in [-0.3, -0.25) is 0 Å². The molecule has 1 aliphatic heterocycles. The second-order valence-electron chi connectivity index (χ2n) is 8.66. The van der Waals surface area contributed by atoms with Crippen LogP contribution in [-0.4, -0.2) is 25.2 Å². The van der Waals surface area contributed by atoms with Crippen molar-refractivity contribution >= 4 is 0 Å². The van der Waals surface area contributed by atoms with Crippen LogP contribution in [0, 0.1) is 17.6 Å². The van der Waals surface area contributed by atoms with E-state index in [9.17, 15) is 13.2 Å². The summed E-state index contributed by atoms with van der Waals surface area (Å²) in [6.45, 7) is 5.71. The lowest BCUT2D eigenvalue weighted by molar-refractivity contribution is -0.213. The first-order chi connectivity index (χ1) is 14.5. The van der Waals surface area contributed by atoms with Gasteiger partial charge in [-0.25, -0.2) is 13.2 Å². The molecule has 1 heterocycles. The number of aryl methyl sites for hydroxylation is 1. The molecule has 0 spiro atoms. The third kappa shape index (κ3) is 5.76. The minimum atomic E-state index is -1.38. The Morgan fingerprint density at radius 1 is 1.07 bits per heavy atom. The van der Waals surface area contributed by atoms with Crippen molar-refractivity contribution in [2.75, 3.05) is 13.2 Å². The lowest BCUT2D eigenvalue weighted by atomic mass is 9.78. The molecule has 2 aliphatic rings. The molecule has 1 aromatic rings. The number of rotatable bonds is 8. The van der Waals surface area contributed by atoms with Crippen LogP contribution < -0.4 is 0 Å². The van der Waals surface area contributed by atoms with Gasteiger partial charge in [-0.2, -0.15) is 0 Å². The fourth-order valence-electron chi connectivity index (χ4n) is 4.50. The summed E-state index contributed by atoms with van der Waals surface area (Å²) in [5.41, 5.74) is -0.472. The minimum Gasteiger partial charge on any atom is -0.346 e. The van der Waals surface area contributed by atoms with E-state index in [1.54, 1.807) is 18.2 Å². The van der Waals surface area contributed by atoms with Crippen molar-refractivity contribution in [3.05, 3.63) is 59.7 Å². The second kappa shape index (κ2) is 10.6. The molecule has 0 amide bonds. The van der Waals surface area contributed by atoms with Crippen molar-refractivity contribution in [3.63, 3.8) is 0 Å². The normalized spacial score (nSPS) is 29.9. The zero-order chi connectivity index (χ0) is 21.6. The van der Waals surface area contributed by atoms with Gasteiger partial charge in [-0.05, 0) is 74.0 Å². The molecule has 2 fully saturated rings. The smallest absolute Gasteiger partial charge is 0.177 e. The van der Waals surface area contributed by atoms with E-state index in [-0.39, 0.29) is 19.1 Å². The van der Waals surface area contributed by atoms with Gasteiger partial charge >= 0.3 is 0 Å². The van der Waals surface area contributed by atoms with E-state index in [2.05, 4.69) is 12.7 Å². The van der Waals surface area contributed by atoms with Crippen LogP contribution in [0.1, 0.15) is 68.9 Å². The first-order valence-corrected chi connectivity index (χ1v) is 11.1. The Hall–Kier alpha value is -1.59. The van der Waals surface area contributed by atoms with Gasteiger partial charge in [-0.1, -0.05) is 37.6 Å². The van der Waals surface area contributed by atoms with Crippen LogP contribution in [0.3, 0.4) is 0 Å². The van der Waals surface area contributed by atoms with Gasteiger partial charge in [0.25, 0.3) is 0 Å². The highest BCUT2D eigenvalue weighted by molar-refractivity contribution is 5.30. The van der Waals surface area contributed by atoms with Crippen molar-refractivity contribution in [3.8, 4) is 0 Å². The molecule has 0 unspecified atom stereocenters. The molecular formula is C25H33F3O2. The lowest BCUT2D eigenvalue weighted by Gasteiger charge is -2.33. The fraction of sp³-hybridized carbons (Fsp3) is 0.600. The predicted octanol–water partition coefficient (Wildman–Crippen LogP) is 6.79. The third-order valence-corrected chi connectivity index (χ3v) is 6.27. The van der Waals surface area contributed by atoms with E-state index in [1.807, 2.05) is 13.0 Å². The summed E-state index contributed by atoms with van der Waals surface area (Å²) in [5, 5.41) is 0. The molecule has 1 saturated heterocycles. The Kier molecular flexibility index (Phi) is 8.18. The van der Waals surface area contributed by atoms with Crippen LogP contribution in [0.25, 0.3) is 0 Å². The highest BCUT2D eigenvalue weighted by Gasteiger charge is 2.35. The number of alkyl halides is 1. The molecule has 1 aromatic carbocycles. The van der Waals surface area contributed by atoms with Gasteiger partial charge < -0.3 is 9.47 Å². The Balaban J connectivity index is 1.50. The molecule has 1 aliphatic carbocycles. The molecule has 1 saturated carbocycles. The topological polar surface area (TPSA) is 18.5 Å². The van der Waals surface area contributed by atoms with Crippen LogP contribution in [0.4, 0.5) is 13.2 Å². The van der Waals surface area contributed by atoms with E-state index in [4.69, 9.17) is 9.47 Å². The first-order valence-electron chi connectivity index (χ1n) is 11.1. The summed E-state index contributed by atoms with van der Waals surface area (Å²) in [7, 11) is 0. The Morgan fingerprint density at radius 3 is 2.40 bits per heavy atom. The summed E-state index contributed by atoms with van der Waals surface area (Å²) < 4.78 is 54.4. The van der Waals surface area contributed by atoms with Gasteiger partial charge in [0, 0.05) is 0 Å². The number of halogens is 3. The number of hydrogen-bond donors (Lipinski definition) is 0. The van der Waals surface area contributed by atoms with Crippen molar-refractivity contribution in [2.45, 2.75) is 76.2 Å². The van der Waals surface area contributed by atoms with Crippen molar-refractivity contribution in [1.82, 2.24) is 0 Å². The number of hydrogen-bond acceptors (Lipinski definition) is 2. The third-order valence-electron chi connectivity index (χ3n) is 6.27. The maximum atomic E-state index is 14.6. The molecule has 0 bridgehead atoms. The molecule has 0 radical (unpaired) electrons. The summed E-state index contributed by atoms with van der Waals surface area (Å²) in [6.07, 6.45) is 10.9. The Bertz CT molecular complexity index is 730. The van der Waals surface area contributed by atoms with E-state index in [0.29, 0.717) is 36.3 Å². The van der Waals surface area contributed by atoms with E-state index < -0.39 is 23.6 Å². The molecule has 0 aromatic heterocycles. The summed E-state index contributed by atoms with van der Waals surface area (Å²) in [4.78, 5) is 0. The molecule has 0 N–H and O–H groups in total. The Labute approximate surface area is 178 Å². The van der Waals surface area contributed by atoms with Crippen LogP contribution in [0.2, 0.25) is 0 Å². The van der Waals surface area contributed by atoms with E-state index >= 15 is 0 Å². The lowest BCUT2D eigenvalue weighted by Crippen LogP contribution is -2.43. The molecule has 0 atom stereocenters. The van der Waals surface area contributed by atoms with E-state index in [0.717, 1.165) is 32.1 Å². The number of ether oxygens (including phenoxy) is 2. The minimum absolute atomic E-state index is 0.0426. The standard InChI is InChI=1S/C25H33F3O2/c1-3-5-6-20-12-13-21(24(27)23(20)26)19-10-7-18(8-11-19)9-14-22-29-16-25(28,15-4-2)17-30-22/h3,9,12-14,18-19,22H,1,4-8,10-11,15-17H2,2H3/b14-9+.